The number of thioether (sulfide) groups is 1. The number of amides is 2. The molecule has 20 heavy (non-hydrogen) atoms. The molecule has 0 bridgehead atoms. The Bertz CT molecular complexity index is 396. The summed E-state index contributed by atoms with van der Waals surface area (Å²) in [5.41, 5.74) is 0. The number of carbonyl (C=O) groups excluding carboxylic acids is 3. The molecule has 1 atom stereocenters. The van der Waals surface area contributed by atoms with Gasteiger partial charge in [0.15, 0.2) is 6.10 Å². The van der Waals surface area contributed by atoms with E-state index < -0.39 is 12.1 Å². The number of nitrogens with zero attached hydrogens (tertiary/aromatic N) is 1. The molecule has 1 aliphatic heterocycles. The Morgan fingerprint density at radius 1 is 1.45 bits per heavy atom. The molecule has 1 saturated carbocycles. The molecular formula is C13H20N2O4S. The predicted molar refractivity (Wildman–Crippen MR) is 75.4 cm³/mol. The van der Waals surface area contributed by atoms with Crippen molar-refractivity contribution in [1.82, 2.24) is 10.2 Å². The molecule has 2 aliphatic rings. The molecule has 1 N–H and O–H groups in total. The molecule has 2 fully saturated rings. The quantitative estimate of drug-likeness (QED) is 0.771. The summed E-state index contributed by atoms with van der Waals surface area (Å²) < 4.78 is 5.08. The average molecular weight is 300 g/mol. The minimum absolute atomic E-state index is 0.0765. The van der Waals surface area contributed by atoms with Gasteiger partial charge in [-0.25, -0.2) is 0 Å². The average Bonchev–Trinajstić information content (AvgIpc) is 3.02. The summed E-state index contributed by atoms with van der Waals surface area (Å²) in [7, 11) is 0. The summed E-state index contributed by atoms with van der Waals surface area (Å²) in [4.78, 5) is 36.4. The van der Waals surface area contributed by atoms with Crippen LogP contribution in [-0.2, 0) is 14.3 Å². The van der Waals surface area contributed by atoms with Gasteiger partial charge in [0.2, 0.25) is 0 Å². The van der Waals surface area contributed by atoms with Crippen LogP contribution >= 0.6 is 11.8 Å². The number of rotatable bonds is 5. The lowest BCUT2D eigenvalue weighted by molar-refractivity contribution is -0.155. The van der Waals surface area contributed by atoms with E-state index in [1.54, 1.807) is 6.92 Å². The highest BCUT2D eigenvalue weighted by atomic mass is 32.2. The normalized spacial score (nSPS) is 21.1. The molecule has 2 amide bonds. The third kappa shape index (κ3) is 4.13. The molecule has 0 radical (unpaired) electrons. The molecule has 0 aromatic carbocycles. The highest BCUT2D eigenvalue weighted by Crippen LogP contribution is 2.18. The van der Waals surface area contributed by atoms with Gasteiger partial charge in [-0.3, -0.25) is 14.4 Å². The molecule has 2 rings (SSSR count). The topological polar surface area (TPSA) is 75.7 Å². The fourth-order valence-electron chi connectivity index (χ4n) is 2.40. The number of ether oxygens (including phenoxy) is 1. The van der Waals surface area contributed by atoms with Gasteiger partial charge in [0.25, 0.3) is 11.1 Å². The van der Waals surface area contributed by atoms with E-state index >= 15 is 0 Å². The van der Waals surface area contributed by atoms with Crippen molar-refractivity contribution in [2.45, 2.75) is 44.8 Å². The molecule has 1 aliphatic carbocycles. The fourth-order valence-corrected chi connectivity index (χ4v) is 3.23. The lowest BCUT2D eigenvalue weighted by Crippen LogP contribution is -2.42. The molecular weight excluding hydrogens is 280 g/mol. The molecule has 1 heterocycles. The summed E-state index contributed by atoms with van der Waals surface area (Å²) in [6.45, 7) is 2.04. The van der Waals surface area contributed by atoms with Crippen molar-refractivity contribution in [2.75, 3.05) is 18.8 Å². The second-order valence-corrected chi connectivity index (χ2v) is 6.20. The van der Waals surface area contributed by atoms with Gasteiger partial charge in [-0.05, 0) is 19.8 Å². The number of nitrogens with one attached hydrogen (secondary N) is 1. The van der Waals surface area contributed by atoms with Crippen LogP contribution in [0.3, 0.4) is 0 Å². The lowest BCUT2D eigenvalue weighted by atomic mass is 10.2. The second kappa shape index (κ2) is 6.97. The first kappa shape index (κ1) is 15.2. The molecule has 0 unspecified atom stereocenters. The molecule has 6 nitrogen and oxygen atoms in total. The van der Waals surface area contributed by atoms with Gasteiger partial charge in [-0.2, -0.15) is 0 Å². The van der Waals surface area contributed by atoms with E-state index in [0.717, 1.165) is 25.7 Å². The fraction of sp³-hybridized carbons (Fsp3) is 0.769. The van der Waals surface area contributed by atoms with Crippen LogP contribution in [0.2, 0.25) is 0 Å². The largest absolute Gasteiger partial charge is 0.451 e. The van der Waals surface area contributed by atoms with E-state index in [0.29, 0.717) is 12.3 Å². The Hall–Kier alpha value is -1.24. The lowest BCUT2D eigenvalue weighted by Gasteiger charge is -2.19. The van der Waals surface area contributed by atoms with E-state index in [4.69, 9.17) is 4.74 Å². The highest BCUT2D eigenvalue weighted by Gasteiger charge is 2.27. The van der Waals surface area contributed by atoms with Crippen LogP contribution in [-0.4, -0.2) is 53.0 Å². The Balaban J connectivity index is 1.72. The Kier molecular flexibility index (Phi) is 5.28. The van der Waals surface area contributed by atoms with Crippen LogP contribution in [0.5, 0.6) is 0 Å². The van der Waals surface area contributed by atoms with Crippen LogP contribution in [0, 0.1) is 0 Å². The third-order valence-electron chi connectivity index (χ3n) is 3.54. The highest BCUT2D eigenvalue weighted by molar-refractivity contribution is 8.13. The first-order valence-corrected chi connectivity index (χ1v) is 7.96. The molecule has 112 valence electrons. The summed E-state index contributed by atoms with van der Waals surface area (Å²) in [5.74, 6) is -0.0913. The second-order valence-electron chi connectivity index (χ2n) is 5.16. The molecule has 1 saturated heterocycles. The first-order valence-electron chi connectivity index (χ1n) is 6.98. The van der Waals surface area contributed by atoms with E-state index in [1.165, 1.54) is 16.7 Å². The zero-order valence-corrected chi connectivity index (χ0v) is 12.4. The van der Waals surface area contributed by atoms with Crippen molar-refractivity contribution in [1.29, 1.82) is 0 Å². The van der Waals surface area contributed by atoms with Gasteiger partial charge in [-0.1, -0.05) is 24.6 Å². The van der Waals surface area contributed by atoms with Gasteiger partial charge in [0, 0.05) is 18.3 Å². The maximum Gasteiger partial charge on any atom is 0.326 e. The minimum atomic E-state index is -0.812. The van der Waals surface area contributed by atoms with E-state index in [1.807, 2.05) is 0 Å². The predicted octanol–water partition coefficient (Wildman–Crippen LogP) is 1.15. The summed E-state index contributed by atoms with van der Waals surface area (Å²) in [5, 5.41) is 2.78. The van der Waals surface area contributed by atoms with Gasteiger partial charge in [0.1, 0.15) is 6.54 Å². The van der Waals surface area contributed by atoms with Gasteiger partial charge < -0.3 is 15.0 Å². The van der Waals surface area contributed by atoms with Gasteiger partial charge in [-0.15, -0.1) is 0 Å². The van der Waals surface area contributed by atoms with Crippen molar-refractivity contribution in [3.8, 4) is 0 Å². The Morgan fingerprint density at radius 2 is 2.15 bits per heavy atom. The minimum Gasteiger partial charge on any atom is -0.451 e. The van der Waals surface area contributed by atoms with Crippen LogP contribution in [0.1, 0.15) is 32.6 Å². The number of esters is 1. The van der Waals surface area contributed by atoms with Crippen molar-refractivity contribution in [3.63, 3.8) is 0 Å². The van der Waals surface area contributed by atoms with E-state index in [9.17, 15) is 14.4 Å². The molecule has 0 aromatic rings. The maximum atomic E-state index is 11.9. The summed E-state index contributed by atoms with van der Waals surface area (Å²) in [6.07, 6.45) is 3.44. The molecule has 7 heteroatoms. The zero-order chi connectivity index (χ0) is 14.5. The van der Waals surface area contributed by atoms with Gasteiger partial charge >= 0.3 is 5.97 Å². The van der Waals surface area contributed by atoms with Crippen molar-refractivity contribution in [3.05, 3.63) is 0 Å². The zero-order valence-electron chi connectivity index (χ0n) is 11.6. The molecule has 0 spiro atoms. The number of hydrogen-bond donors (Lipinski definition) is 1. The van der Waals surface area contributed by atoms with Crippen LogP contribution in [0.15, 0.2) is 0 Å². The van der Waals surface area contributed by atoms with Crippen LogP contribution in [0.4, 0.5) is 4.79 Å². The van der Waals surface area contributed by atoms with Crippen molar-refractivity contribution in [2.24, 2.45) is 0 Å². The molecule has 0 aromatic heterocycles. The number of hydrogen-bond acceptors (Lipinski definition) is 5. The third-order valence-corrected chi connectivity index (χ3v) is 4.44. The Labute approximate surface area is 122 Å². The van der Waals surface area contributed by atoms with Gasteiger partial charge in [0.05, 0.1) is 0 Å². The van der Waals surface area contributed by atoms with E-state index in [2.05, 4.69) is 5.32 Å². The smallest absolute Gasteiger partial charge is 0.326 e. The summed E-state index contributed by atoms with van der Waals surface area (Å²) in [6, 6.07) is 0.209. The van der Waals surface area contributed by atoms with Crippen LogP contribution < -0.4 is 5.32 Å². The Morgan fingerprint density at radius 3 is 2.75 bits per heavy atom. The first-order chi connectivity index (χ1) is 9.56. The van der Waals surface area contributed by atoms with Crippen molar-refractivity contribution >= 4 is 28.9 Å². The van der Waals surface area contributed by atoms with E-state index in [-0.39, 0.29) is 23.7 Å². The van der Waals surface area contributed by atoms with Crippen LogP contribution in [0.25, 0.3) is 0 Å². The SMILES string of the molecule is C[C@@H](OC(=O)CN1CCSC1=O)C(=O)NC1CCCC1. The standard InChI is InChI=1S/C13H20N2O4S/c1-9(12(17)14-10-4-2-3-5-10)19-11(16)8-15-6-7-20-13(15)18/h9-10H,2-8H2,1H3,(H,14,17)/t9-/m1/s1. The number of carbonyl (C=O) groups is 3. The maximum absolute atomic E-state index is 11.9. The van der Waals surface area contributed by atoms with Crippen molar-refractivity contribution < 1.29 is 19.1 Å². The summed E-state index contributed by atoms with van der Waals surface area (Å²) >= 11 is 1.19. The monoisotopic (exact) mass is 300 g/mol.